The normalized spacial score (nSPS) is 16.4. The van der Waals surface area contributed by atoms with E-state index in [0.29, 0.717) is 51.9 Å². The van der Waals surface area contributed by atoms with Gasteiger partial charge in [-0.1, -0.05) is 32.4 Å². The maximum absolute atomic E-state index is 14.8. The lowest BCUT2D eigenvalue weighted by Gasteiger charge is -2.32. The van der Waals surface area contributed by atoms with Gasteiger partial charge >= 0.3 is 0 Å². The van der Waals surface area contributed by atoms with Crippen LogP contribution in [0.3, 0.4) is 0 Å². The molecule has 0 saturated carbocycles. The fourth-order valence-electron chi connectivity index (χ4n) is 8.48. The first-order valence-electron chi connectivity index (χ1n) is 23.4. The topological polar surface area (TPSA) is 256 Å². The number of rotatable bonds is 21. The van der Waals surface area contributed by atoms with Crippen molar-refractivity contribution >= 4 is 29.2 Å². The first kappa shape index (κ1) is 52.4. The van der Waals surface area contributed by atoms with Gasteiger partial charge in [0.15, 0.2) is 23.2 Å². The summed E-state index contributed by atoms with van der Waals surface area (Å²) in [5.41, 5.74) is 23.3. The van der Waals surface area contributed by atoms with Crippen molar-refractivity contribution in [3.63, 3.8) is 0 Å². The van der Waals surface area contributed by atoms with E-state index in [2.05, 4.69) is 17.2 Å². The van der Waals surface area contributed by atoms with Crippen LogP contribution >= 0.6 is 0 Å². The Bertz CT molecular complexity index is 2480. The van der Waals surface area contributed by atoms with Gasteiger partial charge in [-0.15, -0.1) is 0 Å². The molecule has 1 aromatic heterocycles. The molecule has 0 fully saturated rings. The third kappa shape index (κ3) is 13.1. The van der Waals surface area contributed by atoms with Crippen molar-refractivity contribution in [1.82, 2.24) is 20.2 Å². The monoisotopic (exact) mass is 931 g/mol. The number of nitriles is 1. The molecule has 4 atom stereocenters. The van der Waals surface area contributed by atoms with Gasteiger partial charge in [0, 0.05) is 80.5 Å². The SMILES string of the molecule is CCCCOc1c(C)cc(-c2ncc(C(=O)C[C@@H](CCN)C(=O)N(C)[C@@H]3C(=O)C[C@@H](C)C(=O)N[C@H](C(=O)CCC#N)Cc4ccc(OCCN)c(c4)-c4cc3ccc4OCCN)c(C)n2)cc1C. The molecule has 7 N–H and O–H groups in total. The molecule has 4 aromatic rings. The highest BCUT2D eigenvalue weighted by Gasteiger charge is 2.36. The van der Waals surface area contributed by atoms with Crippen molar-refractivity contribution in [3.05, 3.63) is 88.2 Å². The Balaban J connectivity index is 1.54. The van der Waals surface area contributed by atoms with Gasteiger partial charge in [-0.05, 0) is 105 Å². The number of ether oxygens (including phenoxy) is 3. The van der Waals surface area contributed by atoms with Crippen LogP contribution in [0.1, 0.15) is 103 Å². The average molecular weight is 931 g/mol. The number of fused-ring (bicyclic) bond motifs is 5. The number of benzene rings is 3. The lowest BCUT2D eigenvalue weighted by molar-refractivity contribution is -0.142. The van der Waals surface area contributed by atoms with Gasteiger partial charge in [-0.3, -0.25) is 24.0 Å². The van der Waals surface area contributed by atoms with Gasteiger partial charge < -0.3 is 41.6 Å². The van der Waals surface area contributed by atoms with E-state index in [9.17, 15) is 29.2 Å². The minimum Gasteiger partial charge on any atom is -0.493 e. The standard InChI is InChI=1S/C52H66N8O8/c1-7-8-20-68-49-31(2)23-38(24-32(49)3)50-57-30-41(34(5)58-50)44(62)29-37(15-17-54)52(65)60(6)48-36-12-14-47(67-22-19-56)40(28-36)39-26-35(11-13-46(39)66-21-18-55)27-42(43(61)10-9-16-53)59-51(64)33(4)25-45(48)63/h11-14,23-24,26,28,30,33,37,42,48H,7-10,15,17-22,25,27,29,54-56H2,1-6H3,(H,59,64)/t33-,37-,42+,48+/m1/s1. The molecule has 0 unspecified atom stereocenters. The predicted octanol–water partition coefficient (Wildman–Crippen LogP) is 5.84. The molecule has 1 aliphatic rings. The fraction of sp³-hybridized carbons (Fsp3) is 0.462. The number of unbranched alkanes of at least 4 members (excludes halogenated alkanes) is 1. The third-order valence-corrected chi connectivity index (χ3v) is 12.1. The number of carbonyl (C=O) groups excluding carboxylic acids is 5. The lowest BCUT2D eigenvalue weighted by atomic mass is 9.88. The number of aromatic nitrogens is 2. The van der Waals surface area contributed by atoms with Crippen molar-refractivity contribution in [2.45, 2.75) is 98.1 Å². The Kier molecular flexibility index (Phi) is 19.3. The summed E-state index contributed by atoms with van der Waals surface area (Å²) >= 11 is 0. The first-order valence-corrected chi connectivity index (χ1v) is 23.4. The van der Waals surface area contributed by atoms with Crippen molar-refractivity contribution < 1.29 is 38.2 Å². The Morgan fingerprint density at radius 2 is 1.56 bits per heavy atom. The molecule has 0 saturated heterocycles. The van der Waals surface area contributed by atoms with E-state index >= 15 is 0 Å². The molecule has 16 nitrogen and oxygen atoms in total. The first-order chi connectivity index (χ1) is 32.6. The summed E-state index contributed by atoms with van der Waals surface area (Å²) in [6, 6.07) is 14.1. The molecule has 68 heavy (non-hydrogen) atoms. The second-order valence-corrected chi connectivity index (χ2v) is 17.4. The molecule has 4 bridgehead atoms. The van der Waals surface area contributed by atoms with Gasteiger partial charge in [0.1, 0.15) is 36.5 Å². The van der Waals surface area contributed by atoms with Crippen LogP contribution < -0.4 is 36.7 Å². The number of nitrogens with one attached hydrogen (secondary N) is 1. The van der Waals surface area contributed by atoms with Crippen LogP contribution in [0.2, 0.25) is 0 Å². The number of hydrogen-bond donors (Lipinski definition) is 4. The molecular weight excluding hydrogens is 865 g/mol. The second-order valence-electron chi connectivity index (χ2n) is 17.4. The summed E-state index contributed by atoms with van der Waals surface area (Å²) in [7, 11) is 1.50. The summed E-state index contributed by atoms with van der Waals surface area (Å²) in [5.74, 6) is -1.96. The van der Waals surface area contributed by atoms with Crippen molar-refractivity contribution in [3.8, 4) is 45.8 Å². The second kappa shape index (κ2) is 25.0. The Labute approximate surface area is 399 Å². The van der Waals surface area contributed by atoms with E-state index in [1.54, 1.807) is 44.2 Å². The number of Topliss-reactive ketones (excluding diaryl/α,β-unsaturated/α-hetero) is 3. The number of nitrogens with zero attached hydrogens (tertiary/aromatic N) is 4. The average Bonchev–Trinajstić information content (AvgIpc) is 3.32. The number of carbonyl (C=O) groups is 5. The van der Waals surface area contributed by atoms with E-state index in [0.717, 1.165) is 35.3 Å². The van der Waals surface area contributed by atoms with Gasteiger partial charge in [0.2, 0.25) is 11.8 Å². The van der Waals surface area contributed by atoms with E-state index in [1.165, 1.54) is 18.1 Å². The summed E-state index contributed by atoms with van der Waals surface area (Å²) in [5, 5.41) is 12.1. The smallest absolute Gasteiger partial charge is 0.226 e. The molecule has 362 valence electrons. The molecule has 2 amide bonds. The molecular formula is C52H66N8O8. The van der Waals surface area contributed by atoms with Crippen LogP contribution in [-0.2, 0) is 25.6 Å². The zero-order valence-corrected chi connectivity index (χ0v) is 40.2. The van der Waals surface area contributed by atoms with E-state index < -0.39 is 41.5 Å². The molecule has 0 aliphatic carbocycles. The number of ketones is 3. The predicted molar refractivity (Wildman–Crippen MR) is 259 cm³/mol. The summed E-state index contributed by atoms with van der Waals surface area (Å²) in [6.07, 6.45) is 3.02. The van der Waals surface area contributed by atoms with Crippen LogP contribution in [0, 0.1) is 43.9 Å². The van der Waals surface area contributed by atoms with E-state index in [4.69, 9.17) is 36.4 Å². The van der Waals surface area contributed by atoms with E-state index in [-0.39, 0.29) is 88.5 Å². The molecule has 3 aromatic carbocycles. The Hall–Kier alpha value is -6.54. The third-order valence-electron chi connectivity index (χ3n) is 12.1. The minimum atomic E-state index is -1.25. The van der Waals surface area contributed by atoms with Gasteiger partial charge in [0.25, 0.3) is 0 Å². The number of aryl methyl sites for hydroxylation is 3. The number of hydrogen-bond acceptors (Lipinski definition) is 14. The van der Waals surface area contributed by atoms with Crippen LogP contribution in [-0.4, -0.2) is 96.6 Å². The summed E-state index contributed by atoms with van der Waals surface area (Å²) < 4.78 is 18.3. The van der Waals surface area contributed by atoms with Crippen LogP contribution in [0.25, 0.3) is 22.5 Å². The highest BCUT2D eigenvalue weighted by molar-refractivity contribution is 6.00. The van der Waals surface area contributed by atoms with Crippen molar-refractivity contribution in [2.24, 2.45) is 29.0 Å². The van der Waals surface area contributed by atoms with Crippen LogP contribution in [0.5, 0.6) is 17.2 Å². The molecule has 2 heterocycles. The Morgan fingerprint density at radius 3 is 2.18 bits per heavy atom. The number of nitrogens with two attached hydrogens (primary N) is 3. The van der Waals surface area contributed by atoms with Gasteiger partial charge in [-0.2, -0.15) is 5.26 Å². The van der Waals surface area contributed by atoms with Gasteiger partial charge in [0.05, 0.1) is 30.0 Å². The zero-order valence-electron chi connectivity index (χ0n) is 40.2. The number of amides is 2. The summed E-state index contributed by atoms with van der Waals surface area (Å²) in [4.78, 5) is 81.6. The molecule has 1 aliphatic heterocycles. The van der Waals surface area contributed by atoms with Gasteiger partial charge in [-0.25, -0.2) is 9.97 Å². The van der Waals surface area contributed by atoms with Crippen LogP contribution in [0.15, 0.2) is 54.7 Å². The maximum Gasteiger partial charge on any atom is 0.226 e. The van der Waals surface area contributed by atoms with Crippen LogP contribution in [0.4, 0.5) is 0 Å². The van der Waals surface area contributed by atoms with E-state index in [1.807, 2.05) is 38.1 Å². The maximum atomic E-state index is 14.8. The molecule has 0 spiro atoms. The molecule has 5 rings (SSSR count). The number of likely N-dealkylation sites (N-methyl/N-ethyl adjacent to an activating group) is 1. The lowest BCUT2D eigenvalue weighted by Crippen LogP contribution is -2.46. The minimum absolute atomic E-state index is 0.0340. The quantitative estimate of drug-likeness (QED) is 0.0566. The Morgan fingerprint density at radius 1 is 0.897 bits per heavy atom. The molecule has 16 heteroatoms. The summed E-state index contributed by atoms with van der Waals surface area (Å²) in [6.45, 7) is 10.8. The molecule has 0 radical (unpaired) electrons. The zero-order chi connectivity index (χ0) is 49.5. The fourth-order valence-corrected chi connectivity index (χ4v) is 8.48. The van der Waals surface area contributed by atoms with Crippen molar-refractivity contribution in [1.29, 1.82) is 5.26 Å². The van der Waals surface area contributed by atoms with Crippen molar-refractivity contribution in [2.75, 3.05) is 46.5 Å². The highest BCUT2D eigenvalue weighted by atomic mass is 16.5. The highest BCUT2D eigenvalue weighted by Crippen LogP contribution is 2.41. The largest absolute Gasteiger partial charge is 0.493 e.